The SMILES string of the molecule is CC(Cc1ccccc1Cl)NCc1cc(Br)ccc1Cl. The molecule has 1 atom stereocenters. The minimum Gasteiger partial charge on any atom is -0.310 e. The van der Waals surface area contributed by atoms with Crippen molar-refractivity contribution in [2.45, 2.75) is 25.9 Å². The Kier molecular flexibility index (Phi) is 5.91. The summed E-state index contributed by atoms with van der Waals surface area (Å²) in [5.74, 6) is 0. The largest absolute Gasteiger partial charge is 0.310 e. The molecule has 2 aromatic carbocycles. The molecule has 0 saturated carbocycles. The lowest BCUT2D eigenvalue weighted by Crippen LogP contribution is -2.27. The van der Waals surface area contributed by atoms with E-state index in [4.69, 9.17) is 23.2 Å². The molecule has 1 nitrogen and oxygen atoms in total. The zero-order valence-corrected chi connectivity index (χ0v) is 14.3. The molecule has 0 fully saturated rings. The molecule has 0 aromatic heterocycles. The van der Waals surface area contributed by atoms with Gasteiger partial charge in [0.25, 0.3) is 0 Å². The van der Waals surface area contributed by atoms with Crippen molar-refractivity contribution in [2.24, 2.45) is 0 Å². The van der Waals surface area contributed by atoms with Gasteiger partial charge in [0, 0.05) is 27.1 Å². The van der Waals surface area contributed by atoms with Crippen LogP contribution in [0.25, 0.3) is 0 Å². The standard InChI is InChI=1S/C16H16BrCl2N/c1-11(8-12-4-2-3-5-15(12)18)20-10-13-9-14(17)6-7-16(13)19/h2-7,9,11,20H,8,10H2,1H3. The van der Waals surface area contributed by atoms with E-state index in [0.29, 0.717) is 6.04 Å². The normalized spacial score (nSPS) is 12.4. The number of halogens is 3. The molecule has 20 heavy (non-hydrogen) atoms. The quantitative estimate of drug-likeness (QED) is 0.732. The fourth-order valence-corrected chi connectivity index (χ4v) is 2.83. The van der Waals surface area contributed by atoms with E-state index in [1.165, 1.54) is 0 Å². The summed E-state index contributed by atoms with van der Waals surface area (Å²) in [7, 11) is 0. The van der Waals surface area contributed by atoms with E-state index in [2.05, 4.69) is 34.2 Å². The highest BCUT2D eigenvalue weighted by molar-refractivity contribution is 9.10. The second-order valence-corrected chi connectivity index (χ2v) is 6.54. The summed E-state index contributed by atoms with van der Waals surface area (Å²) in [6, 6.07) is 14.2. The van der Waals surface area contributed by atoms with Gasteiger partial charge in [0.2, 0.25) is 0 Å². The number of nitrogens with one attached hydrogen (secondary N) is 1. The van der Waals surface area contributed by atoms with Gasteiger partial charge in [-0.2, -0.15) is 0 Å². The van der Waals surface area contributed by atoms with E-state index in [-0.39, 0.29) is 0 Å². The van der Waals surface area contributed by atoms with Crippen LogP contribution in [0.15, 0.2) is 46.9 Å². The van der Waals surface area contributed by atoms with Crippen molar-refractivity contribution in [1.82, 2.24) is 5.32 Å². The van der Waals surface area contributed by atoms with Gasteiger partial charge < -0.3 is 5.32 Å². The zero-order chi connectivity index (χ0) is 14.5. The van der Waals surface area contributed by atoms with Crippen LogP contribution in [0.2, 0.25) is 10.0 Å². The molecule has 0 radical (unpaired) electrons. The van der Waals surface area contributed by atoms with Crippen LogP contribution in [-0.4, -0.2) is 6.04 Å². The fraction of sp³-hybridized carbons (Fsp3) is 0.250. The van der Waals surface area contributed by atoms with E-state index in [1.54, 1.807) is 0 Å². The second kappa shape index (κ2) is 7.46. The van der Waals surface area contributed by atoms with Gasteiger partial charge in [-0.3, -0.25) is 0 Å². The van der Waals surface area contributed by atoms with E-state index in [9.17, 15) is 0 Å². The molecule has 1 unspecified atom stereocenters. The minimum atomic E-state index is 0.324. The van der Waals surface area contributed by atoms with Crippen molar-refractivity contribution in [2.75, 3.05) is 0 Å². The first-order valence-corrected chi connectivity index (χ1v) is 8.02. The van der Waals surface area contributed by atoms with Crippen LogP contribution in [0.3, 0.4) is 0 Å². The number of hydrogen-bond acceptors (Lipinski definition) is 1. The van der Waals surface area contributed by atoms with Crippen LogP contribution in [0.5, 0.6) is 0 Å². The van der Waals surface area contributed by atoms with Crippen molar-refractivity contribution in [1.29, 1.82) is 0 Å². The van der Waals surface area contributed by atoms with Crippen LogP contribution in [0.1, 0.15) is 18.1 Å². The molecule has 106 valence electrons. The lowest BCUT2D eigenvalue weighted by Gasteiger charge is -2.15. The molecule has 0 aliphatic carbocycles. The topological polar surface area (TPSA) is 12.0 Å². The highest BCUT2D eigenvalue weighted by atomic mass is 79.9. The van der Waals surface area contributed by atoms with Crippen LogP contribution in [0.4, 0.5) is 0 Å². The van der Waals surface area contributed by atoms with Crippen LogP contribution in [-0.2, 0) is 13.0 Å². The molecule has 2 aromatic rings. The second-order valence-electron chi connectivity index (χ2n) is 4.81. The summed E-state index contributed by atoms with van der Waals surface area (Å²) >= 11 is 15.8. The molecular weight excluding hydrogens is 357 g/mol. The summed E-state index contributed by atoms with van der Waals surface area (Å²) in [6.07, 6.45) is 0.894. The fourth-order valence-electron chi connectivity index (χ4n) is 2.03. The minimum absolute atomic E-state index is 0.324. The highest BCUT2D eigenvalue weighted by Crippen LogP contribution is 2.21. The van der Waals surface area contributed by atoms with E-state index < -0.39 is 0 Å². The van der Waals surface area contributed by atoms with Gasteiger partial charge in [0.15, 0.2) is 0 Å². The Morgan fingerprint density at radius 2 is 1.75 bits per heavy atom. The zero-order valence-electron chi connectivity index (χ0n) is 11.2. The Labute approximate surface area is 138 Å². The third kappa shape index (κ3) is 4.49. The van der Waals surface area contributed by atoms with Gasteiger partial charge in [0.1, 0.15) is 0 Å². The van der Waals surface area contributed by atoms with Crippen molar-refractivity contribution in [3.63, 3.8) is 0 Å². The molecule has 2 rings (SSSR count). The molecule has 0 bridgehead atoms. The predicted molar refractivity (Wildman–Crippen MR) is 90.6 cm³/mol. The highest BCUT2D eigenvalue weighted by Gasteiger charge is 2.07. The van der Waals surface area contributed by atoms with E-state index in [0.717, 1.165) is 38.6 Å². The van der Waals surface area contributed by atoms with Gasteiger partial charge in [-0.25, -0.2) is 0 Å². The van der Waals surface area contributed by atoms with Gasteiger partial charge in [-0.15, -0.1) is 0 Å². The smallest absolute Gasteiger partial charge is 0.0451 e. The molecule has 4 heteroatoms. The number of rotatable bonds is 5. The molecule has 0 amide bonds. The summed E-state index contributed by atoms with van der Waals surface area (Å²) in [4.78, 5) is 0. The van der Waals surface area contributed by atoms with Crippen LogP contribution in [0, 0.1) is 0 Å². The average Bonchev–Trinajstić information content (AvgIpc) is 2.42. The maximum atomic E-state index is 6.18. The number of benzene rings is 2. The predicted octanol–water partition coefficient (Wildman–Crippen LogP) is 5.48. The van der Waals surface area contributed by atoms with Crippen LogP contribution >= 0.6 is 39.1 Å². The lowest BCUT2D eigenvalue weighted by atomic mass is 10.1. The monoisotopic (exact) mass is 371 g/mol. The molecule has 0 spiro atoms. The van der Waals surface area contributed by atoms with Crippen LogP contribution < -0.4 is 5.32 Å². The molecule has 0 heterocycles. The van der Waals surface area contributed by atoms with Gasteiger partial charge in [-0.05, 0) is 48.7 Å². The molecular formula is C16H16BrCl2N. The first kappa shape index (κ1) is 15.8. The Bertz CT molecular complexity index is 586. The maximum Gasteiger partial charge on any atom is 0.0451 e. The summed E-state index contributed by atoms with van der Waals surface area (Å²) < 4.78 is 1.04. The Balaban J connectivity index is 1.94. The number of hydrogen-bond donors (Lipinski definition) is 1. The summed E-state index contributed by atoms with van der Waals surface area (Å²) in [6.45, 7) is 2.89. The first-order chi connectivity index (χ1) is 9.56. The Hall–Kier alpha value is -0.540. The Morgan fingerprint density at radius 3 is 2.50 bits per heavy atom. The van der Waals surface area contributed by atoms with E-state index >= 15 is 0 Å². The van der Waals surface area contributed by atoms with E-state index in [1.807, 2.05) is 36.4 Å². The van der Waals surface area contributed by atoms with Gasteiger partial charge >= 0.3 is 0 Å². The third-order valence-corrected chi connectivity index (χ3v) is 4.36. The lowest BCUT2D eigenvalue weighted by molar-refractivity contribution is 0.545. The average molecular weight is 373 g/mol. The maximum absolute atomic E-state index is 6.18. The summed E-state index contributed by atoms with van der Waals surface area (Å²) in [5.41, 5.74) is 2.25. The van der Waals surface area contributed by atoms with Crippen molar-refractivity contribution in [3.8, 4) is 0 Å². The third-order valence-electron chi connectivity index (χ3n) is 3.13. The van der Waals surface area contributed by atoms with Gasteiger partial charge in [0.05, 0.1) is 0 Å². The van der Waals surface area contributed by atoms with Gasteiger partial charge in [-0.1, -0.05) is 57.3 Å². The van der Waals surface area contributed by atoms with Crippen molar-refractivity contribution in [3.05, 3.63) is 68.1 Å². The summed E-state index contributed by atoms with van der Waals surface area (Å²) in [5, 5.41) is 5.08. The first-order valence-electron chi connectivity index (χ1n) is 6.47. The molecule has 0 aliphatic rings. The Morgan fingerprint density at radius 1 is 1.05 bits per heavy atom. The molecule has 0 saturated heterocycles. The van der Waals surface area contributed by atoms with Crippen molar-refractivity contribution < 1.29 is 0 Å². The van der Waals surface area contributed by atoms with Crippen molar-refractivity contribution >= 4 is 39.1 Å². The molecule has 0 aliphatic heterocycles. The molecule has 1 N–H and O–H groups in total.